The molecule has 0 aromatic heterocycles. The van der Waals surface area contributed by atoms with Gasteiger partial charge in [-0.25, -0.2) is 0 Å². The molecule has 0 aliphatic heterocycles. The molecule has 0 aromatic rings. The Hall–Kier alpha value is -0.560. The van der Waals surface area contributed by atoms with Crippen molar-refractivity contribution in [1.82, 2.24) is 0 Å². The molecule has 0 aliphatic rings. The molecule has 0 fully saturated rings. The maximum Gasteiger partial charge on any atom is 0.0223 e. The quantitative estimate of drug-likeness (QED) is 0.166. The molecule has 0 heterocycles. The van der Waals surface area contributed by atoms with E-state index in [1.807, 2.05) is 0 Å². The summed E-state index contributed by atoms with van der Waals surface area (Å²) in [5.74, 6) is 0.823. The second-order valence-electron chi connectivity index (χ2n) is 8.79. The first-order valence-corrected chi connectivity index (χ1v) is 12.2. The highest BCUT2D eigenvalue weighted by molar-refractivity contribution is 4.91. The van der Waals surface area contributed by atoms with Crippen LogP contribution in [-0.4, -0.2) is 6.04 Å². The Labute approximate surface area is 172 Å². The summed E-state index contributed by atoms with van der Waals surface area (Å²) in [5.41, 5.74) is 6.18. The lowest BCUT2D eigenvalue weighted by Crippen LogP contribution is -2.16. The minimum atomic E-state index is 0.277. The zero-order chi connectivity index (χ0) is 20.0. The van der Waals surface area contributed by atoms with Gasteiger partial charge in [-0.15, -0.1) is 0 Å². The van der Waals surface area contributed by atoms with E-state index in [-0.39, 0.29) is 6.04 Å². The van der Waals surface area contributed by atoms with Crippen LogP contribution >= 0.6 is 0 Å². The average Bonchev–Trinajstić information content (AvgIpc) is 2.64. The van der Waals surface area contributed by atoms with E-state index in [0.717, 1.165) is 12.3 Å². The molecule has 0 aliphatic carbocycles. The molecule has 0 radical (unpaired) electrons. The highest BCUT2D eigenvalue weighted by Crippen LogP contribution is 2.12. The second kappa shape index (κ2) is 21.7. The predicted molar refractivity (Wildman–Crippen MR) is 125 cm³/mol. The van der Waals surface area contributed by atoms with Crippen LogP contribution in [0.5, 0.6) is 0 Å². The highest BCUT2D eigenvalue weighted by atomic mass is 14.6. The summed E-state index contributed by atoms with van der Waals surface area (Å²) in [5, 5.41) is 0. The molecular formula is C26H51N. The second-order valence-corrected chi connectivity index (χ2v) is 8.79. The molecule has 1 unspecified atom stereocenters. The van der Waals surface area contributed by atoms with E-state index >= 15 is 0 Å². The van der Waals surface area contributed by atoms with Crippen molar-refractivity contribution in [3.63, 3.8) is 0 Å². The first-order chi connectivity index (χ1) is 13.2. The summed E-state index contributed by atoms with van der Waals surface area (Å²) in [6.45, 7) is 6.86. The van der Waals surface area contributed by atoms with Crippen LogP contribution in [-0.2, 0) is 0 Å². The van der Waals surface area contributed by atoms with Gasteiger partial charge in [-0.3, -0.25) is 0 Å². The molecule has 0 bridgehead atoms. The monoisotopic (exact) mass is 377 g/mol. The maximum atomic E-state index is 6.18. The molecule has 1 heteroatoms. The molecule has 0 spiro atoms. The number of rotatable bonds is 20. The molecule has 0 saturated carbocycles. The van der Waals surface area contributed by atoms with Crippen molar-refractivity contribution in [2.24, 2.45) is 11.7 Å². The first kappa shape index (κ1) is 26.4. The molecular weight excluding hydrogens is 326 g/mol. The largest absolute Gasteiger partial charge is 0.324 e. The van der Waals surface area contributed by atoms with Gasteiger partial charge in [-0.2, -0.15) is 0 Å². The predicted octanol–water partition coefficient (Wildman–Crippen LogP) is 8.73. The molecule has 0 saturated heterocycles. The zero-order valence-electron chi connectivity index (χ0n) is 19.1. The van der Waals surface area contributed by atoms with Gasteiger partial charge in [0, 0.05) is 6.04 Å². The average molecular weight is 378 g/mol. The number of nitrogens with two attached hydrogens (primary N) is 1. The molecule has 160 valence electrons. The van der Waals surface area contributed by atoms with Crippen LogP contribution in [0.1, 0.15) is 130 Å². The molecule has 1 nitrogen and oxygen atoms in total. The number of allylic oxidation sites excluding steroid dienone is 3. The Kier molecular flexibility index (Phi) is 21.3. The fourth-order valence-corrected chi connectivity index (χ4v) is 3.46. The van der Waals surface area contributed by atoms with Gasteiger partial charge in [-0.05, 0) is 50.9 Å². The third-order valence-corrected chi connectivity index (χ3v) is 5.33. The third kappa shape index (κ3) is 23.4. The van der Waals surface area contributed by atoms with Gasteiger partial charge in [0.1, 0.15) is 0 Å². The van der Waals surface area contributed by atoms with Crippen LogP contribution in [0, 0.1) is 5.92 Å². The van der Waals surface area contributed by atoms with Crippen LogP contribution < -0.4 is 5.73 Å². The Morgan fingerprint density at radius 3 is 1.70 bits per heavy atom. The fraction of sp³-hybridized carbons (Fsp3) is 0.846. The van der Waals surface area contributed by atoms with Crippen molar-refractivity contribution < 1.29 is 0 Å². The van der Waals surface area contributed by atoms with Crippen molar-refractivity contribution in [1.29, 1.82) is 0 Å². The van der Waals surface area contributed by atoms with E-state index in [4.69, 9.17) is 5.73 Å². The van der Waals surface area contributed by atoms with Crippen LogP contribution in [0.25, 0.3) is 0 Å². The Morgan fingerprint density at radius 1 is 0.593 bits per heavy atom. The molecule has 0 amide bonds. The SMILES string of the molecule is CCCCC/C=C/CCCCCCCCCCC(N)/C=C/CCCC(C)C. The summed E-state index contributed by atoms with van der Waals surface area (Å²) in [4.78, 5) is 0. The van der Waals surface area contributed by atoms with Gasteiger partial charge in [0.2, 0.25) is 0 Å². The maximum absolute atomic E-state index is 6.18. The lowest BCUT2D eigenvalue weighted by atomic mass is 10.0. The summed E-state index contributed by atoms with van der Waals surface area (Å²) < 4.78 is 0. The summed E-state index contributed by atoms with van der Waals surface area (Å²) >= 11 is 0. The smallest absolute Gasteiger partial charge is 0.0223 e. The van der Waals surface area contributed by atoms with Crippen molar-refractivity contribution >= 4 is 0 Å². The molecule has 27 heavy (non-hydrogen) atoms. The Morgan fingerprint density at radius 2 is 1.11 bits per heavy atom. The molecule has 0 aromatic carbocycles. The van der Waals surface area contributed by atoms with E-state index in [1.165, 1.54) is 103 Å². The highest BCUT2D eigenvalue weighted by Gasteiger charge is 1.98. The summed E-state index contributed by atoms with van der Waals surface area (Å²) in [6.07, 6.45) is 32.0. The first-order valence-electron chi connectivity index (χ1n) is 12.2. The lowest BCUT2D eigenvalue weighted by Gasteiger charge is -2.07. The lowest BCUT2D eigenvalue weighted by molar-refractivity contribution is 0.547. The van der Waals surface area contributed by atoms with Crippen LogP contribution in [0.4, 0.5) is 0 Å². The number of hydrogen-bond donors (Lipinski definition) is 1. The Bertz CT molecular complexity index is 329. The van der Waals surface area contributed by atoms with Crippen molar-refractivity contribution in [2.75, 3.05) is 0 Å². The molecule has 0 rings (SSSR count). The van der Waals surface area contributed by atoms with Crippen molar-refractivity contribution in [2.45, 2.75) is 136 Å². The Balaban J connectivity index is 3.25. The van der Waals surface area contributed by atoms with Gasteiger partial charge in [0.15, 0.2) is 0 Å². The van der Waals surface area contributed by atoms with E-state index in [1.54, 1.807) is 0 Å². The van der Waals surface area contributed by atoms with E-state index in [2.05, 4.69) is 45.1 Å². The zero-order valence-corrected chi connectivity index (χ0v) is 19.1. The van der Waals surface area contributed by atoms with Gasteiger partial charge >= 0.3 is 0 Å². The van der Waals surface area contributed by atoms with E-state index in [0.29, 0.717) is 0 Å². The summed E-state index contributed by atoms with van der Waals surface area (Å²) in [7, 11) is 0. The van der Waals surface area contributed by atoms with Crippen LogP contribution in [0.2, 0.25) is 0 Å². The normalized spacial score (nSPS) is 13.4. The van der Waals surface area contributed by atoms with Gasteiger partial charge in [0.05, 0.1) is 0 Å². The van der Waals surface area contributed by atoms with Crippen molar-refractivity contribution in [3.8, 4) is 0 Å². The minimum Gasteiger partial charge on any atom is -0.324 e. The van der Waals surface area contributed by atoms with Crippen LogP contribution in [0.3, 0.4) is 0 Å². The van der Waals surface area contributed by atoms with Gasteiger partial charge in [-0.1, -0.05) is 109 Å². The van der Waals surface area contributed by atoms with Gasteiger partial charge in [0.25, 0.3) is 0 Å². The third-order valence-electron chi connectivity index (χ3n) is 5.33. The van der Waals surface area contributed by atoms with Crippen molar-refractivity contribution in [3.05, 3.63) is 24.3 Å². The number of hydrogen-bond acceptors (Lipinski definition) is 1. The van der Waals surface area contributed by atoms with Gasteiger partial charge < -0.3 is 5.73 Å². The standard InChI is InChI=1S/C26H51N/c1-4-5-6-7-8-9-10-11-12-13-14-15-16-17-20-23-26(27)24-21-18-19-22-25(2)3/h8-9,21,24-26H,4-7,10-20,22-23,27H2,1-3H3/b9-8+,24-21+. The summed E-state index contributed by atoms with van der Waals surface area (Å²) in [6, 6.07) is 0.277. The fourth-order valence-electron chi connectivity index (χ4n) is 3.46. The van der Waals surface area contributed by atoms with Crippen LogP contribution in [0.15, 0.2) is 24.3 Å². The molecule has 2 N–H and O–H groups in total. The van der Waals surface area contributed by atoms with E-state index in [9.17, 15) is 0 Å². The topological polar surface area (TPSA) is 26.0 Å². The minimum absolute atomic E-state index is 0.277. The van der Waals surface area contributed by atoms with E-state index < -0.39 is 0 Å². The molecule has 1 atom stereocenters. The number of unbranched alkanes of at least 4 members (excludes halogenated alkanes) is 12.